The van der Waals surface area contributed by atoms with Gasteiger partial charge in [-0.2, -0.15) is 0 Å². The number of nitrogens with zero attached hydrogens (tertiary/aromatic N) is 1. The van der Waals surface area contributed by atoms with Crippen molar-refractivity contribution in [3.05, 3.63) is 29.3 Å². The lowest BCUT2D eigenvalue weighted by molar-refractivity contribution is -0.127. The number of hydrogen-bond acceptors (Lipinski definition) is 4. The third-order valence-electron chi connectivity index (χ3n) is 8.71. The van der Waals surface area contributed by atoms with Gasteiger partial charge in [0.15, 0.2) is 0 Å². The Kier molecular flexibility index (Phi) is 6.67. The first-order valence-electron chi connectivity index (χ1n) is 13.0. The maximum Gasteiger partial charge on any atom is 0.225 e. The minimum absolute atomic E-state index is 0.0322. The molecule has 0 unspecified atom stereocenters. The Hall–Kier alpha value is -1.66. The van der Waals surface area contributed by atoms with E-state index < -0.39 is 6.17 Å². The smallest absolute Gasteiger partial charge is 0.225 e. The number of alkyl halides is 1. The van der Waals surface area contributed by atoms with Gasteiger partial charge >= 0.3 is 0 Å². The molecule has 1 amide bonds. The summed E-state index contributed by atoms with van der Waals surface area (Å²) in [5.41, 5.74) is 2.69. The third-order valence-corrected chi connectivity index (χ3v) is 8.71. The van der Waals surface area contributed by atoms with Gasteiger partial charge in [-0.25, -0.2) is 4.39 Å². The molecule has 33 heavy (non-hydrogen) atoms. The molecule has 0 spiro atoms. The number of ether oxygens (including phenoxy) is 2. The number of nitrogens with one attached hydrogen (secondary N) is 1. The van der Waals surface area contributed by atoms with Crippen molar-refractivity contribution < 1.29 is 18.7 Å². The van der Waals surface area contributed by atoms with E-state index in [0.717, 1.165) is 50.9 Å². The van der Waals surface area contributed by atoms with Crippen LogP contribution in [-0.2, 0) is 16.0 Å². The number of benzene rings is 1. The van der Waals surface area contributed by atoms with E-state index in [1.165, 1.54) is 11.1 Å². The highest BCUT2D eigenvalue weighted by Gasteiger charge is 2.57. The predicted octanol–water partition coefficient (Wildman–Crippen LogP) is 4.10. The normalized spacial score (nSPS) is 35.5. The molecule has 1 N–H and O–H groups in total. The summed E-state index contributed by atoms with van der Waals surface area (Å²) in [5.74, 6) is 2.37. The van der Waals surface area contributed by atoms with Crippen LogP contribution in [0.1, 0.15) is 63.0 Å². The molecule has 2 saturated heterocycles. The van der Waals surface area contributed by atoms with Crippen molar-refractivity contribution in [1.82, 2.24) is 10.2 Å². The highest BCUT2D eigenvalue weighted by molar-refractivity contribution is 5.79. The largest absolute Gasteiger partial charge is 0.494 e. The van der Waals surface area contributed by atoms with E-state index in [0.29, 0.717) is 50.5 Å². The van der Waals surface area contributed by atoms with Crippen molar-refractivity contribution in [2.45, 2.75) is 70.1 Å². The van der Waals surface area contributed by atoms with E-state index in [1.807, 2.05) is 6.92 Å². The number of likely N-dealkylation sites (tertiary alicyclic amines) is 1. The van der Waals surface area contributed by atoms with Crippen LogP contribution in [0.3, 0.4) is 0 Å². The molecule has 6 atom stereocenters. The Morgan fingerprint density at radius 1 is 1.33 bits per heavy atom. The van der Waals surface area contributed by atoms with Crippen LogP contribution in [0, 0.1) is 17.8 Å². The second-order valence-corrected chi connectivity index (χ2v) is 10.7. The van der Waals surface area contributed by atoms with Gasteiger partial charge in [0, 0.05) is 32.1 Å². The predicted molar refractivity (Wildman–Crippen MR) is 126 cm³/mol. The molecule has 6 heteroatoms. The number of aryl methyl sites for hydroxylation is 1. The SMILES string of the molecule is CCNC(=O)[C@H]1CO[C@@]2(C)CC[C@@H]3c4ccc(OCCCN5CC[C@@H](F)C5)cc4CC[C@H]3[C@H]12. The highest BCUT2D eigenvalue weighted by atomic mass is 19.1. The molecular formula is C27H39FN2O3. The Morgan fingerprint density at radius 3 is 3.00 bits per heavy atom. The zero-order valence-electron chi connectivity index (χ0n) is 20.2. The Balaban J connectivity index is 1.23. The molecule has 2 heterocycles. The summed E-state index contributed by atoms with van der Waals surface area (Å²) in [6.45, 7) is 8.47. The van der Waals surface area contributed by atoms with Crippen LogP contribution in [0.4, 0.5) is 4.39 Å². The fourth-order valence-electron chi connectivity index (χ4n) is 7.15. The van der Waals surface area contributed by atoms with E-state index in [4.69, 9.17) is 9.47 Å². The lowest BCUT2D eigenvalue weighted by Crippen LogP contribution is -2.49. The number of halogens is 1. The van der Waals surface area contributed by atoms with Crippen LogP contribution >= 0.6 is 0 Å². The van der Waals surface area contributed by atoms with Crippen molar-refractivity contribution in [1.29, 1.82) is 0 Å². The summed E-state index contributed by atoms with van der Waals surface area (Å²) < 4.78 is 25.7. The summed E-state index contributed by atoms with van der Waals surface area (Å²) in [6, 6.07) is 6.63. The molecule has 0 bridgehead atoms. The van der Waals surface area contributed by atoms with Gasteiger partial charge in [0.25, 0.3) is 0 Å². The van der Waals surface area contributed by atoms with Crippen LogP contribution < -0.4 is 10.1 Å². The summed E-state index contributed by atoms with van der Waals surface area (Å²) in [7, 11) is 0. The topological polar surface area (TPSA) is 50.8 Å². The van der Waals surface area contributed by atoms with E-state index in [-0.39, 0.29) is 17.4 Å². The Labute approximate surface area is 197 Å². The zero-order chi connectivity index (χ0) is 23.0. The lowest BCUT2D eigenvalue weighted by Gasteiger charge is -2.49. The molecule has 4 aliphatic rings. The number of hydrogen-bond donors (Lipinski definition) is 1. The number of carbonyl (C=O) groups excluding carboxylic acids is 1. The molecular weight excluding hydrogens is 419 g/mol. The molecule has 5 rings (SSSR count). The number of fused-ring (bicyclic) bond motifs is 5. The van der Waals surface area contributed by atoms with Crippen molar-refractivity contribution in [3.63, 3.8) is 0 Å². The van der Waals surface area contributed by atoms with Crippen molar-refractivity contribution >= 4 is 5.91 Å². The molecule has 1 aromatic rings. The quantitative estimate of drug-likeness (QED) is 0.625. The van der Waals surface area contributed by atoms with E-state index in [2.05, 4.69) is 35.3 Å². The molecule has 5 nitrogen and oxygen atoms in total. The standard InChI is InChI=1S/C27H39FN2O3/c1-3-29-26(31)24-17-33-27(2)11-9-22-21-8-6-20(15-18(21)5-7-23(22)25(24)27)32-14-4-12-30-13-10-19(28)16-30/h6,8,15,19,22-25H,3-5,7,9-14,16-17H2,1-2H3,(H,29,31)/t19-,22-,23-,24+,25-,27+/m1/s1. The van der Waals surface area contributed by atoms with Crippen LogP contribution in [0.15, 0.2) is 18.2 Å². The number of carbonyl (C=O) groups is 1. The Morgan fingerprint density at radius 2 is 2.21 bits per heavy atom. The molecule has 3 fully saturated rings. The summed E-state index contributed by atoms with van der Waals surface area (Å²) in [5, 5.41) is 3.05. The van der Waals surface area contributed by atoms with Gasteiger partial charge in [-0.1, -0.05) is 6.07 Å². The summed E-state index contributed by atoms with van der Waals surface area (Å²) >= 11 is 0. The van der Waals surface area contributed by atoms with Crippen molar-refractivity contribution in [2.24, 2.45) is 17.8 Å². The van der Waals surface area contributed by atoms with Gasteiger partial charge in [0.2, 0.25) is 5.91 Å². The first-order valence-corrected chi connectivity index (χ1v) is 13.0. The fraction of sp³-hybridized carbons (Fsp3) is 0.741. The van der Waals surface area contributed by atoms with Crippen LogP contribution in [0.2, 0.25) is 0 Å². The molecule has 1 aromatic carbocycles. The summed E-state index contributed by atoms with van der Waals surface area (Å²) in [6.07, 6.45) is 5.23. The van der Waals surface area contributed by atoms with Gasteiger partial charge in [-0.15, -0.1) is 0 Å². The minimum atomic E-state index is -0.653. The van der Waals surface area contributed by atoms with Gasteiger partial charge < -0.3 is 19.7 Å². The van der Waals surface area contributed by atoms with E-state index in [9.17, 15) is 9.18 Å². The van der Waals surface area contributed by atoms with Gasteiger partial charge in [-0.3, -0.25) is 4.79 Å². The van der Waals surface area contributed by atoms with Crippen LogP contribution in [0.5, 0.6) is 5.75 Å². The number of rotatable bonds is 7. The molecule has 1 saturated carbocycles. The minimum Gasteiger partial charge on any atom is -0.494 e. The maximum absolute atomic E-state index is 13.3. The fourth-order valence-corrected chi connectivity index (χ4v) is 7.15. The van der Waals surface area contributed by atoms with Gasteiger partial charge in [-0.05, 0) is 87.5 Å². The molecule has 0 radical (unpaired) electrons. The monoisotopic (exact) mass is 458 g/mol. The van der Waals surface area contributed by atoms with Gasteiger partial charge in [0.1, 0.15) is 11.9 Å². The highest BCUT2D eigenvalue weighted by Crippen LogP contribution is 2.57. The van der Waals surface area contributed by atoms with Crippen LogP contribution in [-0.4, -0.2) is 62.0 Å². The molecule has 182 valence electrons. The summed E-state index contributed by atoms with van der Waals surface area (Å²) in [4.78, 5) is 15.0. The number of amides is 1. The average Bonchev–Trinajstić information content (AvgIpc) is 3.39. The zero-order valence-corrected chi connectivity index (χ0v) is 20.2. The van der Waals surface area contributed by atoms with Crippen molar-refractivity contribution in [2.75, 3.05) is 39.4 Å². The van der Waals surface area contributed by atoms with Gasteiger partial charge in [0.05, 0.1) is 24.7 Å². The first kappa shape index (κ1) is 23.1. The lowest BCUT2D eigenvalue weighted by atomic mass is 9.56. The molecule has 2 aliphatic heterocycles. The maximum atomic E-state index is 13.3. The second-order valence-electron chi connectivity index (χ2n) is 10.7. The Bertz CT molecular complexity index is 864. The molecule has 0 aromatic heterocycles. The third kappa shape index (κ3) is 4.53. The first-order chi connectivity index (χ1) is 16.0. The van der Waals surface area contributed by atoms with Crippen molar-refractivity contribution in [3.8, 4) is 5.75 Å². The molecule has 2 aliphatic carbocycles. The average molecular weight is 459 g/mol. The van der Waals surface area contributed by atoms with Crippen LogP contribution in [0.25, 0.3) is 0 Å². The second kappa shape index (κ2) is 9.53. The van der Waals surface area contributed by atoms with E-state index in [1.54, 1.807) is 0 Å². The van der Waals surface area contributed by atoms with E-state index >= 15 is 0 Å².